The number of hydrogen-bond donors (Lipinski definition) is 0. The molecule has 7 nitrogen and oxygen atoms in total. The molecular formula is C17H18N6O. The number of nitrogens with zero attached hydrogens (tertiary/aromatic N) is 6. The number of benzene rings is 1. The summed E-state index contributed by atoms with van der Waals surface area (Å²) in [5, 5.41) is 8.69. The lowest BCUT2D eigenvalue weighted by atomic mass is 10.1. The van der Waals surface area contributed by atoms with E-state index in [9.17, 15) is 4.79 Å². The van der Waals surface area contributed by atoms with E-state index in [0.29, 0.717) is 12.2 Å². The maximum Gasteiger partial charge on any atom is 0.227 e. The molecule has 2 aromatic heterocycles. The van der Waals surface area contributed by atoms with Crippen LogP contribution in [0.25, 0.3) is 17.1 Å². The Hall–Kier alpha value is -2.96. The molecule has 0 atom stereocenters. The highest BCUT2D eigenvalue weighted by Gasteiger charge is 2.22. The van der Waals surface area contributed by atoms with Crippen molar-refractivity contribution in [3.8, 4) is 17.1 Å². The van der Waals surface area contributed by atoms with E-state index in [1.165, 1.54) is 0 Å². The largest absolute Gasteiger partial charge is 0.312 e. The van der Waals surface area contributed by atoms with Crippen LogP contribution in [0.3, 0.4) is 0 Å². The van der Waals surface area contributed by atoms with Crippen LogP contribution in [0.5, 0.6) is 0 Å². The maximum atomic E-state index is 12.0. The molecule has 24 heavy (non-hydrogen) atoms. The van der Waals surface area contributed by atoms with Gasteiger partial charge in [0.15, 0.2) is 5.82 Å². The van der Waals surface area contributed by atoms with Crippen molar-refractivity contribution in [1.82, 2.24) is 24.5 Å². The van der Waals surface area contributed by atoms with Crippen molar-refractivity contribution >= 4 is 11.6 Å². The van der Waals surface area contributed by atoms with Gasteiger partial charge in [-0.25, -0.2) is 9.67 Å². The second-order valence-corrected chi connectivity index (χ2v) is 5.97. The summed E-state index contributed by atoms with van der Waals surface area (Å²) in [6, 6.07) is 7.90. The number of carbonyl (C=O) groups excluding carboxylic acids is 1. The molecule has 1 aliphatic heterocycles. The Morgan fingerprint density at radius 3 is 2.79 bits per heavy atom. The average Bonchev–Trinajstić information content (AvgIpc) is 3.27. The molecule has 1 amide bonds. The molecule has 7 heteroatoms. The van der Waals surface area contributed by atoms with Gasteiger partial charge in [-0.15, -0.1) is 0 Å². The van der Waals surface area contributed by atoms with Crippen LogP contribution in [0, 0.1) is 6.92 Å². The van der Waals surface area contributed by atoms with Gasteiger partial charge in [0.2, 0.25) is 5.91 Å². The molecule has 0 aliphatic carbocycles. The Kier molecular flexibility index (Phi) is 3.41. The molecule has 1 aliphatic rings. The van der Waals surface area contributed by atoms with Gasteiger partial charge in [-0.1, -0.05) is 12.1 Å². The topological polar surface area (TPSA) is 68.8 Å². The van der Waals surface area contributed by atoms with Crippen LogP contribution >= 0.6 is 0 Å². The fourth-order valence-corrected chi connectivity index (χ4v) is 3.03. The number of hydrogen-bond acceptors (Lipinski definition) is 4. The molecule has 0 unspecified atom stereocenters. The summed E-state index contributed by atoms with van der Waals surface area (Å²) in [5.41, 5.74) is 2.70. The van der Waals surface area contributed by atoms with Gasteiger partial charge in [0, 0.05) is 31.3 Å². The summed E-state index contributed by atoms with van der Waals surface area (Å²) < 4.78 is 3.52. The van der Waals surface area contributed by atoms with Gasteiger partial charge >= 0.3 is 0 Å². The van der Waals surface area contributed by atoms with Gasteiger partial charge in [-0.05, 0) is 25.5 Å². The minimum Gasteiger partial charge on any atom is -0.312 e. The average molecular weight is 322 g/mol. The second kappa shape index (κ2) is 5.59. The highest BCUT2D eigenvalue weighted by molar-refractivity contribution is 5.95. The van der Waals surface area contributed by atoms with E-state index in [1.807, 2.05) is 49.3 Å². The Balaban J connectivity index is 1.78. The monoisotopic (exact) mass is 322 g/mol. The first kappa shape index (κ1) is 14.6. The van der Waals surface area contributed by atoms with Gasteiger partial charge in [0.25, 0.3) is 0 Å². The van der Waals surface area contributed by atoms with E-state index in [0.717, 1.165) is 35.7 Å². The van der Waals surface area contributed by atoms with Crippen molar-refractivity contribution in [3.05, 3.63) is 42.5 Å². The van der Waals surface area contributed by atoms with Gasteiger partial charge in [0.1, 0.15) is 11.5 Å². The molecule has 3 heterocycles. The Morgan fingerprint density at radius 2 is 2.08 bits per heavy atom. The first-order valence-corrected chi connectivity index (χ1v) is 7.95. The third kappa shape index (κ3) is 2.47. The molecule has 1 aromatic carbocycles. The van der Waals surface area contributed by atoms with Gasteiger partial charge < -0.3 is 4.90 Å². The van der Waals surface area contributed by atoms with Crippen molar-refractivity contribution in [2.75, 3.05) is 11.4 Å². The Morgan fingerprint density at radius 1 is 1.21 bits per heavy atom. The van der Waals surface area contributed by atoms with Crippen LogP contribution < -0.4 is 4.90 Å². The summed E-state index contributed by atoms with van der Waals surface area (Å²) in [4.78, 5) is 18.4. The predicted molar refractivity (Wildman–Crippen MR) is 89.9 cm³/mol. The third-order valence-electron chi connectivity index (χ3n) is 4.14. The normalized spacial score (nSPS) is 14.6. The van der Waals surface area contributed by atoms with Crippen LogP contribution in [0.15, 0.2) is 36.7 Å². The summed E-state index contributed by atoms with van der Waals surface area (Å²) in [6.45, 7) is 2.64. The van der Waals surface area contributed by atoms with Gasteiger partial charge in [-0.2, -0.15) is 10.2 Å². The van der Waals surface area contributed by atoms with Crippen molar-refractivity contribution in [2.24, 2.45) is 7.05 Å². The number of aromatic nitrogens is 5. The van der Waals surface area contributed by atoms with Crippen molar-refractivity contribution in [2.45, 2.75) is 19.8 Å². The van der Waals surface area contributed by atoms with Gasteiger partial charge in [-0.3, -0.25) is 9.48 Å². The molecule has 0 saturated carbocycles. The first-order chi connectivity index (χ1) is 11.6. The summed E-state index contributed by atoms with van der Waals surface area (Å²) in [7, 11) is 1.87. The lowest BCUT2D eigenvalue weighted by molar-refractivity contribution is -0.117. The molecule has 0 radical (unpaired) electrons. The van der Waals surface area contributed by atoms with E-state index in [4.69, 9.17) is 0 Å². The molecule has 122 valence electrons. The SMILES string of the molecule is Cc1nc(-c2cccc(N3CCCC3=O)c2)n(-c2cnn(C)c2)n1. The molecular weight excluding hydrogens is 304 g/mol. The molecule has 0 bridgehead atoms. The lowest BCUT2D eigenvalue weighted by Crippen LogP contribution is -2.23. The number of rotatable bonds is 3. The summed E-state index contributed by atoms with van der Waals surface area (Å²) >= 11 is 0. The van der Waals surface area contributed by atoms with E-state index in [1.54, 1.807) is 15.6 Å². The van der Waals surface area contributed by atoms with Crippen molar-refractivity contribution in [3.63, 3.8) is 0 Å². The number of carbonyl (C=O) groups is 1. The highest BCUT2D eigenvalue weighted by atomic mass is 16.2. The summed E-state index contributed by atoms with van der Waals surface area (Å²) in [6.07, 6.45) is 5.18. The predicted octanol–water partition coefficient (Wildman–Crippen LogP) is 2.10. The lowest BCUT2D eigenvalue weighted by Gasteiger charge is -2.16. The first-order valence-electron chi connectivity index (χ1n) is 7.95. The van der Waals surface area contributed by atoms with E-state index < -0.39 is 0 Å². The zero-order valence-corrected chi connectivity index (χ0v) is 13.7. The minimum absolute atomic E-state index is 0.178. The fourth-order valence-electron chi connectivity index (χ4n) is 3.03. The fraction of sp³-hybridized carbons (Fsp3) is 0.294. The summed E-state index contributed by atoms with van der Waals surface area (Å²) in [5.74, 6) is 1.61. The van der Waals surface area contributed by atoms with Gasteiger partial charge in [0.05, 0.1) is 12.4 Å². The second-order valence-electron chi connectivity index (χ2n) is 5.97. The molecule has 4 rings (SSSR count). The van der Waals surface area contributed by atoms with Crippen LogP contribution in [0.1, 0.15) is 18.7 Å². The quantitative estimate of drug-likeness (QED) is 0.740. The zero-order valence-electron chi connectivity index (χ0n) is 13.7. The molecule has 1 saturated heterocycles. The molecule has 1 fully saturated rings. The Labute approximate surface area is 139 Å². The number of amides is 1. The standard InChI is InChI=1S/C17H18N6O/c1-12-19-17(23(20-12)15-10-18-21(2)11-15)13-5-3-6-14(9-13)22-8-4-7-16(22)24/h3,5-6,9-11H,4,7-8H2,1-2H3. The molecule has 0 spiro atoms. The number of aryl methyl sites for hydroxylation is 2. The maximum absolute atomic E-state index is 12.0. The van der Waals surface area contributed by atoms with E-state index >= 15 is 0 Å². The highest BCUT2D eigenvalue weighted by Crippen LogP contribution is 2.27. The van der Waals surface area contributed by atoms with Crippen molar-refractivity contribution in [1.29, 1.82) is 0 Å². The molecule has 0 N–H and O–H groups in total. The zero-order chi connectivity index (χ0) is 16.7. The smallest absolute Gasteiger partial charge is 0.227 e. The Bertz CT molecular complexity index is 909. The molecule has 3 aromatic rings. The minimum atomic E-state index is 0.178. The number of anilines is 1. The van der Waals surface area contributed by atoms with E-state index in [2.05, 4.69) is 15.2 Å². The van der Waals surface area contributed by atoms with Crippen LogP contribution in [0.4, 0.5) is 5.69 Å². The van der Waals surface area contributed by atoms with E-state index in [-0.39, 0.29) is 5.91 Å². The van der Waals surface area contributed by atoms with Crippen LogP contribution in [0.2, 0.25) is 0 Å². The van der Waals surface area contributed by atoms with Crippen molar-refractivity contribution < 1.29 is 4.79 Å². The third-order valence-corrected chi connectivity index (χ3v) is 4.14. The van der Waals surface area contributed by atoms with Crippen LogP contribution in [-0.4, -0.2) is 37.0 Å². The van der Waals surface area contributed by atoms with Crippen LogP contribution in [-0.2, 0) is 11.8 Å².